The van der Waals surface area contributed by atoms with Crippen LogP contribution in [0.15, 0.2) is 18.2 Å². The minimum Gasteiger partial charge on any atom is -0.358 e. The molecule has 0 aromatic heterocycles. The van der Waals surface area contributed by atoms with Crippen LogP contribution in [0.25, 0.3) is 0 Å². The second kappa shape index (κ2) is 6.57. The summed E-state index contributed by atoms with van der Waals surface area (Å²) in [6.45, 7) is 2.25. The molecule has 116 valence electrons. The highest BCUT2D eigenvalue weighted by molar-refractivity contribution is 7.99. The summed E-state index contributed by atoms with van der Waals surface area (Å²) < 4.78 is 13.8. The molecule has 0 bridgehead atoms. The topological polar surface area (TPSA) is 47.3 Å². The van der Waals surface area contributed by atoms with Crippen molar-refractivity contribution in [1.29, 1.82) is 5.26 Å². The molecule has 2 fully saturated rings. The van der Waals surface area contributed by atoms with Crippen LogP contribution < -0.4 is 4.90 Å². The Morgan fingerprint density at radius 3 is 2.82 bits per heavy atom. The second-order valence-electron chi connectivity index (χ2n) is 5.53. The molecule has 0 spiro atoms. The van der Waals surface area contributed by atoms with E-state index >= 15 is 0 Å². The van der Waals surface area contributed by atoms with Gasteiger partial charge in [0.05, 0.1) is 5.69 Å². The average molecular weight is 319 g/mol. The number of rotatable bonds is 2. The van der Waals surface area contributed by atoms with Gasteiger partial charge < -0.3 is 9.80 Å². The summed E-state index contributed by atoms with van der Waals surface area (Å²) in [6.07, 6.45) is 1.66. The number of hydrogen-bond donors (Lipinski definition) is 0. The van der Waals surface area contributed by atoms with Gasteiger partial charge >= 0.3 is 0 Å². The van der Waals surface area contributed by atoms with Crippen LogP contribution in [0.4, 0.5) is 10.1 Å². The molecule has 0 unspecified atom stereocenters. The number of benzene rings is 1. The third kappa shape index (κ3) is 2.78. The highest BCUT2D eigenvalue weighted by Crippen LogP contribution is 2.31. The second-order valence-corrected chi connectivity index (χ2v) is 6.76. The van der Waals surface area contributed by atoms with E-state index in [1.165, 1.54) is 6.07 Å². The van der Waals surface area contributed by atoms with Crippen molar-refractivity contribution in [3.63, 3.8) is 0 Å². The first kappa shape index (κ1) is 15.2. The molecule has 0 radical (unpaired) electrons. The zero-order valence-corrected chi connectivity index (χ0v) is 13.1. The Hall–Kier alpha value is -1.74. The molecular formula is C16H18FN3OS. The molecule has 2 aliphatic rings. The van der Waals surface area contributed by atoms with Crippen LogP contribution in [0.2, 0.25) is 0 Å². The van der Waals surface area contributed by atoms with Gasteiger partial charge in [0, 0.05) is 31.1 Å². The minimum atomic E-state index is -0.521. The van der Waals surface area contributed by atoms with Crippen molar-refractivity contribution in [2.75, 3.05) is 36.0 Å². The van der Waals surface area contributed by atoms with E-state index in [0.717, 1.165) is 37.4 Å². The van der Waals surface area contributed by atoms with Gasteiger partial charge in [-0.2, -0.15) is 17.0 Å². The van der Waals surface area contributed by atoms with Crippen LogP contribution in [-0.2, 0) is 4.79 Å². The maximum absolute atomic E-state index is 13.8. The molecule has 1 atom stereocenters. The van der Waals surface area contributed by atoms with Gasteiger partial charge in [0.1, 0.15) is 23.5 Å². The summed E-state index contributed by atoms with van der Waals surface area (Å²) in [7, 11) is 0. The molecule has 0 saturated carbocycles. The lowest BCUT2D eigenvalue weighted by molar-refractivity contribution is -0.132. The molecule has 22 heavy (non-hydrogen) atoms. The van der Waals surface area contributed by atoms with Crippen molar-refractivity contribution in [3.8, 4) is 6.07 Å². The fraction of sp³-hybridized carbons (Fsp3) is 0.500. The van der Waals surface area contributed by atoms with Gasteiger partial charge in [-0.25, -0.2) is 4.39 Å². The Labute approximate surface area is 133 Å². The predicted molar refractivity (Wildman–Crippen MR) is 85.4 cm³/mol. The first-order chi connectivity index (χ1) is 10.7. The fourth-order valence-corrected chi connectivity index (χ4v) is 4.07. The normalized spacial score (nSPS) is 21.7. The summed E-state index contributed by atoms with van der Waals surface area (Å²) in [6, 6.07) is 6.29. The van der Waals surface area contributed by atoms with E-state index in [-0.39, 0.29) is 17.5 Å². The van der Waals surface area contributed by atoms with E-state index in [1.54, 1.807) is 12.1 Å². The Morgan fingerprint density at radius 2 is 2.09 bits per heavy atom. The van der Waals surface area contributed by atoms with E-state index in [1.807, 2.05) is 27.6 Å². The number of halogens is 1. The number of carbonyl (C=O) groups is 1. The molecule has 1 aromatic rings. The zero-order chi connectivity index (χ0) is 15.5. The molecule has 0 N–H and O–H groups in total. The molecule has 6 heteroatoms. The Balaban J connectivity index is 1.86. The molecule has 1 aromatic carbocycles. The number of nitriles is 1. The van der Waals surface area contributed by atoms with E-state index in [2.05, 4.69) is 0 Å². The van der Waals surface area contributed by atoms with Crippen molar-refractivity contribution in [1.82, 2.24) is 4.90 Å². The molecule has 0 aliphatic carbocycles. The molecule has 3 rings (SSSR count). The zero-order valence-electron chi connectivity index (χ0n) is 12.3. The van der Waals surface area contributed by atoms with Crippen molar-refractivity contribution in [3.05, 3.63) is 29.6 Å². The maximum atomic E-state index is 13.8. The van der Waals surface area contributed by atoms with Gasteiger partial charge in [-0.05, 0) is 25.0 Å². The van der Waals surface area contributed by atoms with E-state index in [0.29, 0.717) is 12.2 Å². The Morgan fingerprint density at radius 1 is 1.32 bits per heavy atom. The highest BCUT2D eigenvalue weighted by Gasteiger charge is 2.35. The van der Waals surface area contributed by atoms with Gasteiger partial charge in [-0.1, -0.05) is 6.07 Å². The summed E-state index contributed by atoms with van der Waals surface area (Å²) in [5, 5.41) is 9.22. The van der Waals surface area contributed by atoms with Gasteiger partial charge in [-0.15, -0.1) is 0 Å². The van der Waals surface area contributed by atoms with Crippen molar-refractivity contribution in [2.45, 2.75) is 18.9 Å². The monoisotopic (exact) mass is 319 g/mol. The van der Waals surface area contributed by atoms with Crippen LogP contribution in [0, 0.1) is 17.1 Å². The number of anilines is 1. The summed E-state index contributed by atoms with van der Waals surface area (Å²) in [5.74, 6) is 1.54. The molecule has 4 nitrogen and oxygen atoms in total. The summed E-state index contributed by atoms with van der Waals surface area (Å²) in [5.41, 5.74) is 0.584. The van der Waals surface area contributed by atoms with Gasteiger partial charge in [0.15, 0.2) is 0 Å². The number of amides is 1. The lowest BCUT2D eigenvalue weighted by atomic mass is 10.1. The van der Waals surface area contributed by atoms with E-state index in [9.17, 15) is 14.4 Å². The van der Waals surface area contributed by atoms with Crippen LogP contribution in [0.3, 0.4) is 0 Å². The quantitative estimate of drug-likeness (QED) is 0.839. The van der Waals surface area contributed by atoms with Gasteiger partial charge in [-0.3, -0.25) is 4.79 Å². The average Bonchev–Trinajstić information content (AvgIpc) is 3.04. The van der Waals surface area contributed by atoms with Crippen LogP contribution >= 0.6 is 11.8 Å². The molecule has 1 amide bonds. The third-order valence-electron chi connectivity index (χ3n) is 4.27. The number of nitrogens with zero attached hydrogens (tertiary/aromatic N) is 3. The third-order valence-corrected chi connectivity index (χ3v) is 5.22. The number of carbonyl (C=O) groups excluding carboxylic acids is 1. The van der Waals surface area contributed by atoms with Crippen molar-refractivity contribution >= 4 is 23.4 Å². The minimum absolute atomic E-state index is 0.0383. The van der Waals surface area contributed by atoms with Crippen LogP contribution in [0.5, 0.6) is 0 Å². The number of thioether (sulfide) groups is 1. The predicted octanol–water partition coefficient (Wildman–Crippen LogP) is 2.24. The summed E-state index contributed by atoms with van der Waals surface area (Å²) >= 11 is 1.86. The molecule has 2 saturated heterocycles. The molecular weight excluding hydrogens is 301 g/mol. The lowest BCUT2D eigenvalue weighted by Crippen LogP contribution is -2.48. The maximum Gasteiger partial charge on any atom is 0.245 e. The molecule has 2 aliphatic heterocycles. The SMILES string of the molecule is N#Cc1c(F)cccc1N1CCC[C@@H]1C(=O)N1CCSCC1. The van der Waals surface area contributed by atoms with E-state index in [4.69, 9.17) is 0 Å². The largest absolute Gasteiger partial charge is 0.358 e. The highest BCUT2D eigenvalue weighted by atomic mass is 32.2. The standard InChI is InChI=1S/C16H18FN3OS/c17-13-3-1-4-14(12(13)11-18)20-6-2-5-15(20)16(21)19-7-9-22-10-8-19/h1,3-4,15H,2,5-10H2/t15-/m1/s1. The van der Waals surface area contributed by atoms with E-state index < -0.39 is 5.82 Å². The number of hydrogen-bond acceptors (Lipinski definition) is 4. The first-order valence-electron chi connectivity index (χ1n) is 7.54. The van der Waals surface area contributed by atoms with Crippen LogP contribution in [0.1, 0.15) is 18.4 Å². The fourth-order valence-electron chi connectivity index (χ4n) is 3.17. The summed E-state index contributed by atoms with van der Waals surface area (Å²) in [4.78, 5) is 16.6. The Bertz CT molecular complexity index is 610. The van der Waals surface area contributed by atoms with Crippen LogP contribution in [-0.4, -0.2) is 48.0 Å². The van der Waals surface area contributed by atoms with Gasteiger partial charge in [0.25, 0.3) is 0 Å². The van der Waals surface area contributed by atoms with Crippen molar-refractivity contribution < 1.29 is 9.18 Å². The Kier molecular flexibility index (Phi) is 4.53. The van der Waals surface area contributed by atoms with Gasteiger partial charge in [0.2, 0.25) is 5.91 Å². The first-order valence-corrected chi connectivity index (χ1v) is 8.69. The smallest absolute Gasteiger partial charge is 0.245 e. The molecule has 2 heterocycles. The van der Waals surface area contributed by atoms with Crippen molar-refractivity contribution in [2.24, 2.45) is 0 Å². The lowest BCUT2D eigenvalue weighted by Gasteiger charge is -2.33.